The topological polar surface area (TPSA) is 51.2 Å². The number of rotatable bonds is 5. The largest absolute Gasteiger partial charge is 0.496 e. The van der Waals surface area contributed by atoms with Crippen molar-refractivity contribution < 1.29 is 9.53 Å². The molecule has 104 valence electrons. The van der Waals surface area contributed by atoms with Gasteiger partial charge in [-0.05, 0) is 42.3 Å². The van der Waals surface area contributed by atoms with Crippen molar-refractivity contribution in [2.24, 2.45) is 0 Å². The molecule has 0 bridgehead atoms. The lowest BCUT2D eigenvalue weighted by Crippen LogP contribution is -2.25. The number of benzene rings is 1. The Hall–Kier alpha value is -2.07. The monoisotopic (exact) mass is 290 g/mol. The molecule has 0 saturated carbocycles. The highest BCUT2D eigenvalue weighted by Crippen LogP contribution is 2.22. The standard InChI is InChI=1S/C15H15ClN2O2/c1-20-14-3-2-13(16)10-12(14)6-9-18-15(19)11-4-7-17-8-5-11/h2-5,7-8,10H,6,9H2,1H3,(H,18,19). The zero-order valence-corrected chi connectivity index (χ0v) is 11.9. The number of pyridine rings is 1. The highest BCUT2D eigenvalue weighted by Gasteiger charge is 2.06. The van der Waals surface area contributed by atoms with Gasteiger partial charge in [0.2, 0.25) is 0 Å². The van der Waals surface area contributed by atoms with E-state index in [1.807, 2.05) is 12.1 Å². The Morgan fingerprint density at radius 2 is 2.05 bits per heavy atom. The molecule has 1 aromatic heterocycles. The van der Waals surface area contributed by atoms with Crippen LogP contribution in [0.3, 0.4) is 0 Å². The van der Waals surface area contributed by atoms with Crippen LogP contribution in [-0.2, 0) is 6.42 Å². The number of nitrogens with zero attached hydrogens (tertiary/aromatic N) is 1. The molecule has 1 aromatic carbocycles. The van der Waals surface area contributed by atoms with Crippen molar-refractivity contribution >= 4 is 17.5 Å². The van der Waals surface area contributed by atoms with Crippen molar-refractivity contribution in [1.82, 2.24) is 10.3 Å². The van der Waals surface area contributed by atoms with Crippen LogP contribution >= 0.6 is 11.6 Å². The van der Waals surface area contributed by atoms with Crippen molar-refractivity contribution in [1.29, 1.82) is 0 Å². The Morgan fingerprint density at radius 1 is 1.30 bits per heavy atom. The maximum Gasteiger partial charge on any atom is 0.251 e. The molecule has 0 radical (unpaired) electrons. The van der Waals surface area contributed by atoms with E-state index in [9.17, 15) is 4.79 Å². The second-order valence-electron chi connectivity index (χ2n) is 4.20. The molecule has 4 nitrogen and oxygen atoms in total. The van der Waals surface area contributed by atoms with Crippen molar-refractivity contribution in [3.63, 3.8) is 0 Å². The second kappa shape index (κ2) is 6.91. The number of hydrogen-bond donors (Lipinski definition) is 1. The van der Waals surface area contributed by atoms with Gasteiger partial charge >= 0.3 is 0 Å². The van der Waals surface area contributed by atoms with Crippen LogP contribution in [0.1, 0.15) is 15.9 Å². The minimum atomic E-state index is -0.117. The molecule has 1 N–H and O–H groups in total. The first kappa shape index (κ1) is 14.3. The van der Waals surface area contributed by atoms with Crippen LogP contribution in [0.5, 0.6) is 5.75 Å². The van der Waals surface area contributed by atoms with Crippen LogP contribution < -0.4 is 10.1 Å². The van der Waals surface area contributed by atoms with Crippen molar-refractivity contribution in [3.05, 3.63) is 58.9 Å². The van der Waals surface area contributed by atoms with Gasteiger partial charge in [-0.3, -0.25) is 9.78 Å². The fraction of sp³-hybridized carbons (Fsp3) is 0.200. The van der Waals surface area contributed by atoms with Gasteiger partial charge < -0.3 is 10.1 Å². The molecule has 1 amide bonds. The summed E-state index contributed by atoms with van der Waals surface area (Å²) in [6, 6.07) is 8.80. The van der Waals surface area contributed by atoms with E-state index in [0.29, 0.717) is 23.6 Å². The van der Waals surface area contributed by atoms with Crippen LogP contribution in [0.15, 0.2) is 42.7 Å². The molecule has 0 saturated heterocycles. The quantitative estimate of drug-likeness (QED) is 0.921. The minimum Gasteiger partial charge on any atom is -0.496 e. The number of carbonyl (C=O) groups excluding carboxylic acids is 1. The van der Waals surface area contributed by atoms with Gasteiger partial charge in [-0.25, -0.2) is 0 Å². The molecule has 0 aliphatic carbocycles. The first-order chi connectivity index (χ1) is 9.70. The average molecular weight is 291 g/mol. The summed E-state index contributed by atoms with van der Waals surface area (Å²) in [5.74, 6) is 0.654. The Kier molecular flexibility index (Phi) is 4.96. The first-order valence-electron chi connectivity index (χ1n) is 6.21. The molecular formula is C15H15ClN2O2. The van der Waals surface area contributed by atoms with Gasteiger partial charge in [0.1, 0.15) is 5.75 Å². The van der Waals surface area contributed by atoms with E-state index in [-0.39, 0.29) is 5.91 Å². The molecule has 5 heteroatoms. The summed E-state index contributed by atoms with van der Waals surface area (Å²) in [5.41, 5.74) is 1.56. The molecule has 0 aliphatic rings. The van der Waals surface area contributed by atoms with E-state index in [1.54, 1.807) is 37.7 Å². The van der Waals surface area contributed by atoms with E-state index >= 15 is 0 Å². The normalized spacial score (nSPS) is 10.1. The molecule has 2 rings (SSSR count). The predicted molar refractivity (Wildman–Crippen MR) is 78.3 cm³/mol. The number of methoxy groups -OCH3 is 1. The zero-order chi connectivity index (χ0) is 14.4. The third kappa shape index (κ3) is 3.71. The Bertz CT molecular complexity index is 588. The SMILES string of the molecule is COc1ccc(Cl)cc1CCNC(=O)c1ccncc1. The number of amides is 1. The summed E-state index contributed by atoms with van der Waals surface area (Å²) in [5, 5.41) is 3.51. The van der Waals surface area contributed by atoms with Gasteiger partial charge in [-0.1, -0.05) is 11.6 Å². The van der Waals surface area contributed by atoms with E-state index < -0.39 is 0 Å². The van der Waals surface area contributed by atoms with Crippen LogP contribution in [0.4, 0.5) is 0 Å². The zero-order valence-electron chi connectivity index (χ0n) is 11.1. The lowest BCUT2D eigenvalue weighted by molar-refractivity contribution is 0.0954. The van der Waals surface area contributed by atoms with E-state index in [2.05, 4.69) is 10.3 Å². The number of aromatic nitrogens is 1. The van der Waals surface area contributed by atoms with Gasteiger partial charge in [-0.2, -0.15) is 0 Å². The summed E-state index contributed by atoms with van der Waals surface area (Å²) >= 11 is 5.96. The summed E-state index contributed by atoms with van der Waals surface area (Å²) in [4.78, 5) is 15.7. The molecular weight excluding hydrogens is 276 g/mol. The summed E-state index contributed by atoms with van der Waals surface area (Å²) in [6.45, 7) is 0.512. The third-order valence-electron chi connectivity index (χ3n) is 2.86. The number of carbonyl (C=O) groups is 1. The molecule has 0 aliphatic heterocycles. The molecule has 0 fully saturated rings. The van der Waals surface area contributed by atoms with Crippen LogP contribution in [0.2, 0.25) is 5.02 Å². The smallest absolute Gasteiger partial charge is 0.251 e. The number of halogens is 1. The van der Waals surface area contributed by atoms with E-state index in [4.69, 9.17) is 16.3 Å². The summed E-state index contributed by atoms with van der Waals surface area (Å²) in [7, 11) is 1.61. The molecule has 20 heavy (non-hydrogen) atoms. The highest BCUT2D eigenvalue weighted by molar-refractivity contribution is 6.30. The maximum atomic E-state index is 11.9. The van der Waals surface area contributed by atoms with Gasteiger partial charge in [-0.15, -0.1) is 0 Å². The fourth-order valence-corrected chi connectivity index (χ4v) is 2.05. The van der Waals surface area contributed by atoms with Gasteiger partial charge in [0.05, 0.1) is 7.11 Å². The number of ether oxygens (including phenoxy) is 1. The first-order valence-corrected chi connectivity index (χ1v) is 6.59. The van der Waals surface area contributed by atoms with Gasteiger partial charge in [0.15, 0.2) is 0 Å². The second-order valence-corrected chi connectivity index (χ2v) is 4.63. The van der Waals surface area contributed by atoms with Crippen molar-refractivity contribution in [2.45, 2.75) is 6.42 Å². The summed E-state index contributed by atoms with van der Waals surface area (Å²) < 4.78 is 5.26. The molecule has 1 heterocycles. The average Bonchev–Trinajstić information content (AvgIpc) is 2.48. The minimum absolute atomic E-state index is 0.117. The Balaban J connectivity index is 1.93. The third-order valence-corrected chi connectivity index (χ3v) is 3.10. The van der Waals surface area contributed by atoms with Gasteiger partial charge in [0.25, 0.3) is 5.91 Å². The molecule has 0 atom stereocenters. The van der Waals surface area contributed by atoms with E-state index in [0.717, 1.165) is 11.3 Å². The maximum absolute atomic E-state index is 11.9. The van der Waals surface area contributed by atoms with E-state index in [1.165, 1.54) is 0 Å². The molecule has 0 spiro atoms. The Morgan fingerprint density at radius 3 is 2.75 bits per heavy atom. The highest BCUT2D eigenvalue weighted by atomic mass is 35.5. The van der Waals surface area contributed by atoms with Gasteiger partial charge in [0, 0.05) is 29.5 Å². The van der Waals surface area contributed by atoms with Crippen LogP contribution in [-0.4, -0.2) is 24.5 Å². The number of hydrogen-bond acceptors (Lipinski definition) is 3. The van der Waals surface area contributed by atoms with Crippen LogP contribution in [0.25, 0.3) is 0 Å². The fourth-order valence-electron chi connectivity index (χ4n) is 1.86. The molecule has 2 aromatic rings. The Labute approximate surface area is 122 Å². The lowest BCUT2D eigenvalue weighted by atomic mass is 10.1. The molecule has 0 unspecified atom stereocenters. The van der Waals surface area contributed by atoms with Crippen LogP contribution in [0, 0.1) is 0 Å². The van der Waals surface area contributed by atoms with Crippen molar-refractivity contribution in [3.8, 4) is 5.75 Å². The number of nitrogens with one attached hydrogen (secondary N) is 1. The predicted octanol–water partition coefficient (Wildman–Crippen LogP) is 2.72. The summed E-state index contributed by atoms with van der Waals surface area (Å²) in [6.07, 6.45) is 3.84. The lowest BCUT2D eigenvalue weighted by Gasteiger charge is -2.09. The van der Waals surface area contributed by atoms with Crippen molar-refractivity contribution in [2.75, 3.05) is 13.7 Å².